The van der Waals surface area contributed by atoms with Crippen molar-refractivity contribution in [3.05, 3.63) is 0 Å². The van der Waals surface area contributed by atoms with Crippen LogP contribution in [0.3, 0.4) is 0 Å². The minimum atomic E-state index is 0.241. The molecule has 0 bridgehead atoms. The number of carbonyl (C=O) groups excluding carboxylic acids is 1. The van der Waals surface area contributed by atoms with Crippen molar-refractivity contribution in [3.63, 3.8) is 0 Å². The molecule has 2 fully saturated rings. The van der Waals surface area contributed by atoms with Crippen molar-refractivity contribution in [2.24, 2.45) is 17.8 Å². The monoisotopic (exact) mass is 251 g/mol. The van der Waals surface area contributed by atoms with Gasteiger partial charge in [-0.3, -0.25) is 9.69 Å². The van der Waals surface area contributed by atoms with E-state index in [1.807, 2.05) is 0 Å². The molecule has 1 saturated heterocycles. The van der Waals surface area contributed by atoms with Crippen LogP contribution in [-0.4, -0.2) is 29.8 Å². The van der Waals surface area contributed by atoms with E-state index in [2.05, 4.69) is 25.7 Å². The number of nitrogens with zero attached hydrogens (tertiary/aromatic N) is 1. The second-order valence-corrected chi connectivity index (χ2v) is 6.70. The molecule has 0 aromatic heterocycles. The second-order valence-electron chi connectivity index (χ2n) is 6.70. The second kappa shape index (κ2) is 6.18. The van der Waals surface area contributed by atoms with Crippen LogP contribution in [0, 0.1) is 17.8 Å². The Morgan fingerprint density at radius 3 is 2.44 bits per heavy atom. The molecule has 104 valence electrons. The van der Waals surface area contributed by atoms with Gasteiger partial charge in [0, 0.05) is 24.9 Å². The van der Waals surface area contributed by atoms with Crippen molar-refractivity contribution in [2.45, 2.75) is 65.3 Å². The molecule has 2 aliphatic rings. The third-order valence-corrected chi connectivity index (χ3v) is 5.41. The zero-order valence-corrected chi connectivity index (χ0v) is 12.3. The van der Waals surface area contributed by atoms with E-state index in [-0.39, 0.29) is 5.92 Å². The Morgan fingerprint density at radius 1 is 1.11 bits per heavy atom. The summed E-state index contributed by atoms with van der Waals surface area (Å²) in [5.41, 5.74) is 0. The third kappa shape index (κ3) is 3.34. The number of Topliss-reactive ketones (excluding diaryl/α,β-unsaturated/α-hetero) is 1. The molecule has 0 N–H and O–H groups in total. The van der Waals surface area contributed by atoms with Gasteiger partial charge >= 0.3 is 0 Å². The number of piperidine rings is 1. The quantitative estimate of drug-likeness (QED) is 0.765. The summed E-state index contributed by atoms with van der Waals surface area (Å²) in [6.45, 7) is 8.91. The molecule has 18 heavy (non-hydrogen) atoms. The SMILES string of the molecule is CC1CCC(CCN2CCC(=O)C(C)C2C)CC1. The van der Waals surface area contributed by atoms with Gasteiger partial charge in [-0.05, 0) is 31.7 Å². The Labute approximate surface area is 112 Å². The number of rotatable bonds is 3. The van der Waals surface area contributed by atoms with Crippen molar-refractivity contribution < 1.29 is 4.79 Å². The molecule has 0 aromatic rings. The van der Waals surface area contributed by atoms with E-state index in [1.54, 1.807) is 0 Å². The Hall–Kier alpha value is -0.370. The van der Waals surface area contributed by atoms with Gasteiger partial charge in [-0.2, -0.15) is 0 Å². The number of hydrogen-bond donors (Lipinski definition) is 0. The Kier molecular flexibility index (Phi) is 4.83. The number of carbonyl (C=O) groups is 1. The van der Waals surface area contributed by atoms with Crippen molar-refractivity contribution in [2.75, 3.05) is 13.1 Å². The highest BCUT2D eigenvalue weighted by molar-refractivity contribution is 5.82. The zero-order chi connectivity index (χ0) is 13.1. The summed E-state index contributed by atoms with van der Waals surface area (Å²) >= 11 is 0. The lowest BCUT2D eigenvalue weighted by Gasteiger charge is -2.38. The van der Waals surface area contributed by atoms with Crippen molar-refractivity contribution in [3.8, 4) is 0 Å². The Morgan fingerprint density at radius 2 is 1.78 bits per heavy atom. The van der Waals surface area contributed by atoms with Crippen LogP contribution in [0.5, 0.6) is 0 Å². The van der Waals surface area contributed by atoms with Gasteiger partial charge in [0.25, 0.3) is 0 Å². The maximum Gasteiger partial charge on any atom is 0.138 e. The van der Waals surface area contributed by atoms with Gasteiger partial charge in [0.1, 0.15) is 5.78 Å². The van der Waals surface area contributed by atoms with Crippen LogP contribution in [0.2, 0.25) is 0 Å². The fourth-order valence-corrected chi connectivity index (χ4v) is 3.55. The highest BCUT2D eigenvalue weighted by Crippen LogP contribution is 2.31. The molecule has 2 atom stereocenters. The molecule has 2 rings (SSSR count). The van der Waals surface area contributed by atoms with Gasteiger partial charge in [-0.1, -0.05) is 39.5 Å². The van der Waals surface area contributed by atoms with Crippen LogP contribution in [0.4, 0.5) is 0 Å². The molecular weight excluding hydrogens is 222 g/mol. The van der Waals surface area contributed by atoms with Crippen molar-refractivity contribution in [1.29, 1.82) is 0 Å². The van der Waals surface area contributed by atoms with E-state index in [4.69, 9.17) is 0 Å². The maximum absolute atomic E-state index is 11.7. The van der Waals surface area contributed by atoms with Crippen LogP contribution in [-0.2, 0) is 4.79 Å². The first-order valence-corrected chi connectivity index (χ1v) is 7.84. The van der Waals surface area contributed by atoms with Gasteiger partial charge in [0.2, 0.25) is 0 Å². The number of likely N-dealkylation sites (tertiary alicyclic amines) is 1. The highest BCUT2D eigenvalue weighted by atomic mass is 16.1. The first-order chi connectivity index (χ1) is 8.58. The minimum Gasteiger partial charge on any atom is -0.300 e. The number of hydrogen-bond acceptors (Lipinski definition) is 2. The van der Waals surface area contributed by atoms with E-state index < -0.39 is 0 Å². The summed E-state index contributed by atoms with van der Waals surface area (Å²) in [5, 5.41) is 0. The normalized spacial score (nSPS) is 38.9. The molecule has 0 amide bonds. The summed E-state index contributed by atoms with van der Waals surface area (Å²) in [4.78, 5) is 14.2. The average Bonchev–Trinajstić information content (AvgIpc) is 2.37. The van der Waals surface area contributed by atoms with E-state index in [0.29, 0.717) is 11.8 Å². The smallest absolute Gasteiger partial charge is 0.138 e. The van der Waals surface area contributed by atoms with E-state index in [9.17, 15) is 4.79 Å². The maximum atomic E-state index is 11.7. The predicted octanol–water partition coefficient (Wildman–Crippen LogP) is 3.50. The van der Waals surface area contributed by atoms with Crippen molar-refractivity contribution >= 4 is 5.78 Å². The zero-order valence-electron chi connectivity index (χ0n) is 12.3. The van der Waals surface area contributed by atoms with Gasteiger partial charge in [0.05, 0.1) is 0 Å². The standard InChI is InChI=1S/C16H29NO/c1-12-4-6-15(7-5-12)8-10-17-11-9-16(18)13(2)14(17)3/h12-15H,4-11H2,1-3H3. The fraction of sp³-hybridized carbons (Fsp3) is 0.938. The molecule has 0 spiro atoms. The molecule has 1 aliphatic heterocycles. The van der Waals surface area contributed by atoms with Crippen LogP contribution >= 0.6 is 0 Å². The van der Waals surface area contributed by atoms with E-state index in [1.165, 1.54) is 38.6 Å². The summed E-state index contributed by atoms with van der Waals surface area (Å²) in [6, 6.07) is 0.453. The van der Waals surface area contributed by atoms with Crippen LogP contribution in [0.15, 0.2) is 0 Å². The first kappa shape index (κ1) is 14.0. The minimum absolute atomic E-state index is 0.241. The lowest BCUT2D eigenvalue weighted by molar-refractivity contribution is -0.127. The topological polar surface area (TPSA) is 20.3 Å². The van der Waals surface area contributed by atoms with Crippen LogP contribution < -0.4 is 0 Å². The molecule has 1 aliphatic carbocycles. The van der Waals surface area contributed by atoms with Gasteiger partial charge in [-0.25, -0.2) is 0 Å². The summed E-state index contributed by atoms with van der Waals surface area (Å²) in [6.07, 6.45) is 7.82. The molecule has 2 unspecified atom stereocenters. The summed E-state index contributed by atoms with van der Waals surface area (Å²) < 4.78 is 0. The van der Waals surface area contributed by atoms with E-state index in [0.717, 1.165) is 24.8 Å². The first-order valence-electron chi connectivity index (χ1n) is 7.84. The van der Waals surface area contributed by atoms with E-state index >= 15 is 0 Å². The average molecular weight is 251 g/mol. The summed E-state index contributed by atoms with van der Waals surface area (Å²) in [5.74, 6) is 2.60. The van der Waals surface area contributed by atoms with Gasteiger partial charge in [0.15, 0.2) is 0 Å². The van der Waals surface area contributed by atoms with Crippen LogP contribution in [0.1, 0.15) is 59.3 Å². The molecule has 0 aromatic carbocycles. The number of ketones is 1. The lowest BCUT2D eigenvalue weighted by Crippen LogP contribution is -2.47. The summed E-state index contributed by atoms with van der Waals surface area (Å²) in [7, 11) is 0. The lowest BCUT2D eigenvalue weighted by atomic mass is 9.81. The molecule has 1 saturated carbocycles. The molecular formula is C16H29NO. The largest absolute Gasteiger partial charge is 0.300 e. The molecule has 2 heteroatoms. The van der Waals surface area contributed by atoms with Crippen LogP contribution in [0.25, 0.3) is 0 Å². The molecule has 2 nitrogen and oxygen atoms in total. The van der Waals surface area contributed by atoms with Gasteiger partial charge < -0.3 is 0 Å². The fourth-order valence-electron chi connectivity index (χ4n) is 3.55. The van der Waals surface area contributed by atoms with Crippen molar-refractivity contribution in [1.82, 2.24) is 4.90 Å². The van der Waals surface area contributed by atoms with Gasteiger partial charge in [-0.15, -0.1) is 0 Å². The third-order valence-electron chi connectivity index (χ3n) is 5.41. The molecule has 0 radical (unpaired) electrons. The Balaban J connectivity index is 1.75. The predicted molar refractivity (Wildman–Crippen MR) is 75.6 cm³/mol. The Bertz CT molecular complexity index is 281. The molecule has 1 heterocycles. The highest BCUT2D eigenvalue weighted by Gasteiger charge is 2.30.